The summed E-state index contributed by atoms with van der Waals surface area (Å²) in [5.74, 6) is -0.352. The first-order chi connectivity index (χ1) is 9.69. The number of nitrogens with zero attached hydrogens (tertiary/aromatic N) is 1. The number of aliphatic carboxylic acids is 1. The number of rotatable bonds is 6. The van der Waals surface area contributed by atoms with Gasteiger partial charge in [0.05, 0.1) is 12.6 Å². The molecule has 0 aliphatic carbocycles. The van der Waals surface area contributed by atoms with Gasteiger partial charge in [0.2, 0.25) is 0 Å². The number of benzene rings is 1. The number of aldehydes is 1. The van der Waals surface area contributed by atoms with Gasteiger partial charge in [-0.1, -0.05) is 24.3 Å². The molecule has 1 N–H and O–H groups in total. The fourth-order valence-corrected chi connectivity index (χ4v) is 1.74. The van der Waals surface area contributed by atoms with Crippen molar-refractivity contribution in [1.82, 2.24) is 4.98 Å². The number of carbonyl (C=O) groups excluding carboxylic acids is 1. The molecule has 1 heterocycles. The largest absolute Gasteiger partial charge is 0.487 e. The van der Waals surface area contributed by atoms with Crippen LogP contribution in [0.5, 0.6) is 5.75 Å². The zero-order valence-corrected chi connectivity index (χ0v) is 10.7. The lowest BCUT2D eigenvalue weighted by molar-refractivity contribution is -0.136. The molecule has 0 saturated carbocycles. The molecule has 0 radical (unpaired) electrons. The predicted octanol–water partition coefficient (Wildman–Crippen LogP) is 2.10. The van der Waals surface area contributed by atoms with Gasteiger partial charge < -0.3 is 9.84 Å². The predicted molar refractivity (Wildman–Crippen MR) is 71.7 cm³/mol. The summed E-state index contributed by atoms with van der Waals surface area (Å²) in [7, 11) is 0. The zero-order chi connectivity index (χ0) is 14.4. The van der Waals surface area contributed by atoms with E-state index in [2.05, 4.69) is 4.98 Å². The maximum atomic E-state index is 10.8. The van der Waals surface area contributed by atoms with Crippen LogP contribution in [0.1, 0.15) is 21.6 Å². The molecule has 20 heavy (non-hydrogen) atoms. The van der Waals surface area contributed by atoms with Crippen LogP contribution in [-0.4, -0.2) is 22.3 Å². The van der Waals surface area contributed by atoms with Crippen LogP contribution in [0, 0.1) is 0 Å². The minimum Gasteiger partial charge on any atom is -0.487 e. The van der Waals surface area contributed by atoms with E-state index >= 15 is 0 Å². The van der Waals surface area contributed by atoms with E-state index < -0.39 is 5.97 Å². The third-order valence-electron chi connectivity index (χ3n) is 2.73. The molecule has 2 aromatic rings. The number of aromatic nitrogens is 1. The Kier molecular flexibility index (Phi) is 4.44. The first-order valence-electron chi connectivity index (χ1n) is 6.01. The Morgan fingerprint density at radius 2 is 1.95 bits per heavy atom. The summed E-state index contributed by atoms with van der Waals surface area (Å²) in [6.45, 7) is 0.256. The van der Waals surface area contributed by atoms with Crippen molar-refractivity contribution in [3.63, 3.8) is 0 Å². The summed E-state index contributed by atoms with van der Waals surface area (Å²) in [6, 6.07) is 10.4. The van der Waals surface area contributed by atoms with Gasteiger partial charge in [-0.25, -0.2) is 4.98 Å². The van der Waals surface area contributed by atoms with Crippen molar-refractivity contribution in [1.29, 1.82) is 0 Å². The quantitative estimate of drug-likeness (QED) is 0.814. The van der Waals surface area contributed by atoms with Crippen LogP contribution in [-0.2, 0) is 17.8 Å². The summed E-state index contributed by atoms with van der Waals surface area (Å²) in [5, 5.41) is 8.85. The molecule has 1 aromatic heterocycles. The van der Waals surface area contributed by atoms with E-state index in [1.807, 2.05) is 12.1 Å². The number of carbonyl (C=O) groups is 2. The molecule has 0 spiro atoms. The van der Waals surface area contributed by atoms with Gasteiger partial charge in [-0.15, -0.1) is 0 Å². The molecule has 0 saturated heterocycles. The van der Waals surface area contributed by atoms with Crippen molar-refractivity contribution >= 4 is 12.3 Å². The fraction of sp³-hybridized carbons (Fsp3) is 0.133. The minimum absolute atomic E-state index is 0.0398. The molecule has 0 aliphatic heterocycles. The second-order valence-electron chi connectivity index (χ2n) is 4.16. The number of carboxylic acids is 1. The number of ether oxygens (including phenoxy) is 1. The van der Waals surface area contributed by atoms with Gasteiger partial charge in [0.25, 0.3) is 0 Å². The first kappa shape index (κ1) is 13.7. The first-order valence-corrected chi connectivity index (χ1v) is 6.01. The molecule has 5 heteroatoms. The van der Waals surface area contributed by atoms with Crippen LogP contribution >= 0.6 is 0 Å². The second-order valence-corrected chi connectivity index (χ2v) is 4.16. The molecular weight excluding hydrogens is 258 g/mol. The standard InChI is InChI=1S/C15H13NO4/c17-9-13-5-6-14(8-16-13)20-10-12-4-2-1-3-11(12)7-15(18)19/h1-6,8-9H,7,10H2,(H,18,19). The van der Waals surface area contributed by atoms with Crippen molar-refractivity contribution < 1.29 is 19.4 Å². The lowest BCUT2D eigenvalue weighted by Crippen LogP contribution is -2.06. The third-order valence-corrected chi connectivity index (χ3v) is 2.73. The maximum absolute atomic E-state index is 10.8. The maximum Gasteiger partial charge on any atom is 0.307 e. The van der Waals surface area contributed by atoms with Gasteiger partial charge in [0, 0.05) is 0 Å². The van der Waals surface area contributed by atoms with E-state index in [0.717, 1.165) is 11.1 Å². The van der Waals surface area contributed by atoms with Gasteiger partial charge in [-0.05, 0) is 23.3 Å². The molecule has 0 atom stereocenters. The Hall–Kier alpha value is -2.69. The van der Waals surface area contributed by atoms with Gasteiger partial charge in [0.15, 0.2) is 6.29 Å². The van der Waals surface area contributed by atoms with Crippen LogP contribution in [0.4, 0.5) is 0 Å². The molecule has 0 bridgehead atoms. The highest BCUT2D eigenvalue weighted by Gasteiger charge is 2.07. The van der Waals surface area contributed by atoms with Crippen LogP contribution in [0.25, 0.3) is 0 Å². The second kappa shape index (κ2) is 6.47. The van der Waals surface area contributed by atoms with Crippen LogP contribution in [0.2, 0.25) is 0 Å². The Balaban J connectivity index is 2.06. The molecule has 0 aliphatic rings. The smallest absolute Gasteiger partial charge is 0.307 e. The summed E-state index contributed by atoms with van der Waals surface area (Å²) in [6.07, 6.45) is 2.08. The van der Waals surface area contributed by atoms with Gasteiger partial charge in [-0.2, -0.15) is 0 Å². The van der Waals surface area contributed by atoms with E-state index in [9.17, 15) is 9.59 Å². The minimum atomic E-state index is -0.880. The molecule has 5 nitrogen and oxygen atoms in total. The SMILES string of the molecule is O=Cc1ccc(OCc2ccccc2CC(=O)O)cn1. The number of carboxylic acid groups (broad SMARTS) is 1. The number of hydrogen-bond acceptors (Lipinski definition) is 4. The summed E-state index contributed by atoms with van der Waals surface area (Å²) in [4.78, 5) is 25.2. The van der Waals surface area contributed by atoms with E-state index in [1.165, 1.54) is 6.20 Å². The zero-order valence-electron chi connectivity index (χ0n) is 10.7. The lowest BCUT2D eigenvalue weighted by Gasteiger charge is -2.09. The Bertz CT molecular complexity index is 608. The highest BCUT2D eigenvalue weighted by Crippen LogP contribution is 2.15. The van der Waals surface area contributed by atoms with E-state index in [1.54, 1.807) is 24.3 Å². The fourth-order valence-electron chi connectivity index (χ4n) is 1.74. The Morgan fingerprint density at radius 3 is 2.55 bits per heavy atom. The molecule has 0 amide bonds. The Labute approximate surface area is 115 Å². The monoisotopic (exact) mass is 271 g/mol. The summed E-state index contributed by atoms with van der Waals surface area (Å²) in [5.41, 5.74) is 1.87. The average molecular weight is 271 g/mol. The van der Waals surface area contributed by atoms with Crippen molar-refractivity contribution in [3.05, 3.63) is 59.4 Å². The molecule has 0 fully saturated rings. The van der Waals surface area contributed by atoms with Gasteiger partial charge in [-0.3, -0.25) is 9.59 Å². The van der Waals surface area contributed by atoms with Gasteiger partial charge in [0.1, 0.15) is 18.1 Å². The van der Waals surface area contributed by atoms with E-state index in [-0.39, 0.29) is 13.0 Å². The number of pyridine rings is 1. The average Bonchev–Trinajstić information content (AvgIpc) is 2.46. The van der Waals surface area contributed by atoms with E-state index in [0.29, 0.717) is 17.7 Å². The molecule has 102 valence electrons. The highest BCUT2D eigenvalue weighted by molar-refractivity contribution is 5.71. The summed E-state index contributed by atoms with van der Waals surface area (Å²) < 4.78 is 5.54. The van der Waals surface area contributed by atoms with Crippen molar-refractivity contribution in [3.8, 4) is 5.75 Å². The Morgan fingerprint density at radius 1 is 1.20 bits per heavy atom. The van der Waals surface area contributed by atoms with Crippen LogP contribution < -0.4 is 4.74 Å². The van der Waals surface area contributed by atoms with E-state index in [4.69, 9.17) is 9.84 Å². The molecule has 1 aromatic carbocycles. The van der Waals surface area contributed by atoms with Crippen LogP contribution in [0.3, 0.4) is 0 Å². The lowest BCUT2D eigenvalue weighted by atomic mass is 10.1. The normalized spacial score (nSPS) is 10.0. The molecular formula is C15H13NO4. The molecule has 2 rings (SSSR count). The topological polar surface area (TPSA) is 76.5 Å². The summed E-state index contributed by atoms with van der Waals surface area (Å²) >= 11 is 0. The number of hydrogen-bond donors (Lipinski definition) is 1. The van der Waals surface area contributed by atoms with Crippen molar-refractivity contribution in [2.24, 2.45) is 0 Å². The van der Waals surface area contributed by atoms with Crippen molar-refractivity contribution in [2.45, 2.75) is 13.0 Å². The highest BCUT2D eigenvalue weighted by atomic mass is 16.5. The van der Waals surface area contributed by atoms with Crippen LogP contribution in [0.15, 0.2) is 42.6 Å². The van der Waals surface area contributed by atoms with Gasteiger partial charge >= 0.3 is 5.97 Å². The molecule has 0 unspecified atom stereocenters. The van der Waals surface area contributed by atoms with Crippen molar-refractivity contribution in [2.75, 3.05) is 0 Å². The third kappa shape index (κ3) is 3.65.